The van der Waals surface area contributed by atoms with Gasteiger partial charge < -0.3 is 9.88 Å². The fourth-order valence-corrected chi connectivity index (χ4v) is 1.96. The summed E-state index contributed by atoms with van der Waals surface area (Å²) in [6.45, 7) is 5.70. The molecule has 1 N–H and O–H groups in total. The highest BCUT2D eigenvalue weighted by Crippen LogP contribution is 2.13. The van der Waals surface area contributed by atoms with Gasteiger partial charge in [0, 0.05) is 18.9 Å². The zero-order valence-electron chi connectivity index (χ0n) is 11.6. The molecule has 0 saturated carbocycles. The first-order valence-corrected chi connectivity index (χ1v) is 6.20. The van der Waals surface area contributed by atoms with Crippen molar-refractivity contribution in [3.05, 3.63) is 47.3 Å². The van der Waals surface area contributed by atoms with E-state index in [9.17, 15) is 4.79 Å². The molecule has 0 spiro atoms. The van der Waals surface area contributed by atoms with E-state index in [1.54, 1.807) is 17.1 Å². The second-order valence-electron chi connectivity index (χ2n) is 4.72. The molecule has 0 saturated heterocycles. The van der Waals surface area contributed by atoms with Gasteiger partial charge in [-0.2, -0.15) is 0 Å². The third-order valence-corrected chi connectivity index (χ3v) is 3.12. The third kappa shape index (κ3) is 2.81. The van der Waals surface area contributed by atoms with Crippen LogP contribution in [0.15, 0.2) is 24.7 Å². The van der Waals surface area contributed by atoms with Crippen LogP contribution in [0.1, 0.15) is 40.4 Å². The van der Waals surface area contributed by atoms with Crippen LogP contribution in [0.4, 0.5) is 0 Å². The van der Waals surface area contributed by atoms with Gasteiger partial charge in [0.1, 0.15) is 5.69 Å². The van der Waals surface area contributed by atoms with E-state index in [0.717, 1.165) is 17.0 Å². The number of hydrogen-bond donors (Lipinski definition) is 1. The van der Waals surface area contributed by atoms with Gasteiger partial charge in [0.05, 0.1) is 18.1 Å². The minimum atomic E-state index is -0.120. The normalized spacial score (nSPS) is 12.2. The number of aryl methyl sites for hydroxylation is 3. The lowest BCUT2D eigenvalue weighted by Gasteiger charge is -2.14. The molecule has 2 heterocycles. The molecule has 0 aromatic carbocycles. The minimum Gasteiger partial charge on any atom is -0.344 e. The van der Waals surface area contributed by atoms with Gasteiger partial charge in [0.25, 0.3) is 5.91 Å². The van der Waals surface area contributed by atoms with Crippen LogP contribution in [0.3, 0.4) is 0 Å². The standard InChI is InChI=1S/C14H18N4O/c1-9-5-6-12(7-15-9)10(2)17-14(19)13-11(3)16-8-18(13)4/h5-8,10H,1-4H3,(H,17,19). The topological polar surface area (TPSA) is 59.8 Å². The first kappa shape index (κ1) is 13.3. The fourth-order valence-electron chi connectivity index (χ4n) is 1.96. The number of imidazole rings is 1. The molecule has 1 unspecified atom stereocenters. The van der Waals surface area contributed by atoms with Crippen molar-refractivity contribution in [3.63, 3.8) is 0 Å². The van der Waals surface area contributed by atoms with Gasteiger partial charge in [-0.3, -0.25) is 9.78 Å². The summed E-state index contributed by atoms with van der Waals surface area (Å²) in [6, 6.07) is 3.83. The molecule has 1 amide bonds. The van der Waals surface area contributed by atoms with Crippen molar-refractivity contribution in [2.45, 2.75) is 26.8 Å². The summed E-state index contributed by atoms with van der Waals surface area (Å²) < 4.78 is 1.73. The maximum Gasteiger partial charge on any atom is 0.270 e. The average molecular weight is 258 g/mol. The van der Waals surface area contributed by atoms with E-state index in [4.69, 9.17) is 0 Å². The van der Waals surface area contributed by atoms with E-state index >= 15 is 0 Å². The highest BCUT2D eigenvalue weighted by atomic mass is 16.2. The van der Waals surface area contributed by atoms with E-state index in [1.165, 1.54) is 0 Å². The Morgan fingerprint density at radius 3 is 2.58 bits per heavy atom. The van der Waals surface area contributed by atoms with Crippen molar-refractivity contribution in [1.29, 1.82) is 0 Å². The Hall–Kier alpha value is -2.17. The highest BCUT2D eigenvalue weighted by Gasteiger charge is 2.17. The summed E-state index contributed by atoms with van der Waals surface area (Å²) in [7, 11) is 1.81. The predicted octanol–water partition coefficient (Wildman–Crippen LogP) is 1.92. The quantitative estimate of drug-likeness (QED) is 0.915. The Kier molecular flexibility index (Phi) is 3.64. The van der Waals surface area contributed by atoms with Crippen molar-refractivity contribution < 1.29 is 4.79 Å². The van der Waals surface area contributed by atoms with Gasteiger partial charge >= 0.3 is 0 Å². The molecular formula is C14H18N4O. The van der Waals surface area contributed by atoms with E-state index in [2.05, 4.69) is 15.3 Å². The molecule has 0 aliphatic rings. The number of aromatic nitrogens is 3. The molecule has 0 radical (unpaired) electrons. The first-order valence-electron chi connectivity index (χ1n) is 6.20. The summed E-state index contributed by atoms with van der Waals surface area (Å²) in [4.78, 5) is 20.6. The molecule has 2 aromatic heterocycles. The molecule has 0 bridgehead atoms. The summed E-state index contributed by atoms with van der Waals surface area (Å²) in [5.74, 6) is -0.120. The molecular weight excluding hydrogens is 240 g/mol. The smallest absolute Gasteiger partial charge is 0.270 e. The Balaban J connectivity index is 2.13. The lowest BCUT2D eigenvalue weighted by atomic mass is 10.1. The largest absolute Gasteiger partial charge is 0.344 e. The number of hydrogen-bond acceptors (Lipinski definition) is 3. The van der Waals surface area contributed by atoms with Crippen LogP contribution in [0.5, 0.6) is 0 Å². The van der Waals surface area contributed by atoms with E-state index in [0.29, 0.717) is 5.69 Å². The third-order valence-electron chi connectivity index (χ3n) is 3.12. The number of pyridine rings is 1. The molecule has 1 atom stereocenters. The number of carbonyl (C=O) groups excluding carboxylic acids is 1. The molecule has 19 heavy (non-hydrogen) atoms. The van der Waals surface area contributed by atoms with Crippen LogP contribution >= 0.6 is 0 Å². The van der Waals surface area contributed by atoms with Crippen molar-refractivity contribution in [1.82, 2.24) is 19.9 Å². The SMILES string of the molecule is Cc1ccc(C(C)NC(=O)c2c(C)ncn2C)cn1. The van der Waals surface area contributed by atoms with Crippen LogP contribution in [0.25, 0.3) is 0 Å². The Labute approximate surface area is 112 Å². The van der Waals surface area contributed by atoms with E-state index in [-0.39, 0.29) is 11.9 Å². The average Bonchev–Trinajstić information content (AvgIpc) is 2.69. The fraction of sp³-hybridized carbons (Fsp3) is 0.357. The summed E-state index contributed by atoms with van der Waals surface area (Å²) >= 11 is 0. The second-order valence-corrected chi connectivity index (χ2v) is 4.72. The number of rotatable bonds is 3. The zero-order chi connectivity index (χ0) is 14.0. The molecule has 0 aliphatic heterocycles. The monoisotopic (exact) mass is 258 g/mol. The number of nitrogens with one attached hydrogen (secondary N) is 1. The maximum absolute atomic E-state index is 12.2. The number of amides is 1. The first-order chi connectivity index (χ1) is 8.99. The van der Waals surface area contributed by atoms with E-state index in [1.807, 2.05) is 40.0 Å². The summed E-state index contributed by atoms with van der Waals surface area (Å²) in [5.41, 5.74) is 3.27. The minimum absolute atomic E-state index is 0.0881. The van der Waals surface area contributed by atoms with Crippen LogP contribution in [-0.4, -0.2) is 20.4 Å². The van der Waals surface area contributed by atoms with Crippen LogP contribution < -0.4 is 5.32 Å². The van der Waals surface area contributed by atoms with Gasteiger partial charge in [-0.1, -0.05) is 6.07 Å². The lowest BCUT2D eigenvalue weighted by Crippen LogP contribution is -2.28. The van der Waals surface area contributed by atoms with Crippen molar-refractivity contribution in [2.24, 2.45) is 7.05 Å². The Morgan fingerprint density at radius 1 is 1.32 bits per heavy atom. The van der Waals surface area contributed by atoms with Gasteiger partial charge in [-0.15, -0.1) is 0 Å². The molecule has 2 aromatic rings. The molecule has 100 valence electrons. The van der Waals surface area contributed by atoms with Crippen molar-refractivity contribution in [2.75, 3.05) is 0 Å². The van der Waals surface area contributed by atoms with Gasteiger partial charge in [0.2, 0.25) is 0 Å². The van der Waals surface area contributed by atoms with Gasteiger partial charge in [0.15, 0.2) is 0 Å². The Bertz CT molecular complexity index is 566. The molecule has 5 heteroatoms. The zero-order valence-corrected chi connectivity index (χ0v) is 11.6. The molecule has 0 aliphatic carbocycles. The molecule has 0 fully saturated rings. The van der Waals surface area contributed by atoms with Crippen LogP contribution in [0.2, 0.25) is 0 Å². The summed E-state index contributed by atoms with van der Waals surface area (Å²) in [6.07, 6.45) is 3.43. The van der Waals surface area contributed by atoms with Gasteiger partial charge in [-0.05, 0) is 32.4 Å². The number of carbonyl (C=O) groups is 1. The predicted molar refractivity (Wildman–Crippen MR) is 72.8 cm³/mol. The second kappa shape index (κ2) is 5.22. The highest BCUT2D eigenvalue weighted by molar-refractivity contribution is 5.93. The molecule has 5 nitrogen and oxygen atoms in total. The van der Waals surface area contributed by atoms with E-state index < -0.39 is 0 Å². The van der Waals surface area contributed by atoms with Crippen molar-refractivity contribution >= 4 is 5.91 Å². The van der Waals surface area contributed by atoms with Crippen molar-refractivity contribution in [3.8, 4) is 0 Å². The van der Waals surface area contributed by atoms with Crippen LogP contribution in [0, 0.1) is 13.8 Å². The lowest BCUT2D eigenvalue weighted by molar-refractivity contribution is 0.0931. The number of nitrogens with zero attached hydrogens (tertiary/aromatic N) is 3. The maximum atomic E-state index is 12.2. The summed E-state index contributed by atoms with van der Waals surface area (Å²) in [5, 5.41) is 2.96. The van der Waals surface area contributed by atoms with Crippen LogP contribution in [-0.2, 0) is 7.05 Å². The molecule has 2 rings (SSSR count). The van der Waals surface area contributed by atoms with Gasteiger partial charge in [-0.25, -0.2) is 4.98 Å². The Morgan fingerprint density at radius 2 is 2.05 bits per heavy atom.